The van der Waals surface area contributed by atoms with Crippen molar-refractivity contribution in [1.29, 1.82) is 0 Å². The molecule has 2 aromatic heterocycles. The lowest BCUT2D eigenvalue weighted by atomic mass is 10.3. The van der Waals surface area contributed by atoms with Gasteiger partial charge >= 0.3 is 11.9 Å². The normalized spacial score (nSPS) is 11.3. The van der Waals surface area contributed by atoms with E-state index in [0.29, 0.717) is 5.57 Å². The Kier molecular flexibility index (Phi) is 3.46. The van der Waals surface area contributed by atoms with Crippen LogP contribution in [0.25, 0.3) is 5.57 Å². The van der Waals surface area contributed by atoms with Crippen LogP contribution in [0.2, 0.25) is 0 Å². The third kappa shape index (κ3) is 2.89. The lowest BCUT2D eigenvalue weighted by Gasteiger charge is -1.97. The van der Waals surface area contributed by atoms with Crippen molar-refractivity contribution >= 4 is 17.4 Å². The molecule has 2 heterocycles. The molecule has 0 atom stereocenters. The van der Waals surface area contributed by atoms with E-state index in [1.807, 2.05) is 0 Å². The SMILES string of the molecule is CC(=COC(=O)c1ccco1)c1ccc([N+](=O)[O-])o1. The van der Waals surface area contributed by atoms with Crippen molar-refractivity contribution in [3.63, 3.8) is 0 Å². The molecule has 0 fully saturated rings. The monoisotopic (exact) mass is 263 g/mol. The second kappa shape index (κ2) is 5.21. The van der Waals surface area contributed by atoms with Crippen LogP contribution in [0.15, 0.2) is 45.6 Å². The number of carbonyl (C=O) groups is 1. The fraction of sp³-hybridized carbons (Fsp3) is 0.0833. The van der Waals surface area contributed by atoms with Crippen LogP contribution < -0.4 is 0 Å². The zero-order valence-electron chi connectivity index (χ0n) is 9.86. The largest absolute Gasteiger partial charge is 0.457 e. The fourth-order valence-corrected chi connectivity index (χ4v) is 1.29. The first kappa shape index (κ1) is 12.6. The number of hydrogen-bond donors (Lipinski definition) is 0. The second-order valence-electron chi connectivity index (χ2n) is 3.58. The smallest absolute Gasteiger partial charge is 0.433 e. The first-order chi connectivity index (χ1) is 9.08. The van der Waals surface area contributed by atoms with Gasteiger partial charge in [0.05, 0.1) is 12.3 Å². The summed E-state index contributed by atoms with van der Waals surface area (Å²) < 4.78 is 14.6. The highest BCUT2D eigenvalue weighted by atomic mass is 16.6. The average molecular weight is 263 g/mol. The van der Waals surface area contributed by atoms with Gasteiger partial charge in [0.15, 0.2) is 0 Å². The summed E-state index contributed by atoms with van der Waals surface area (Å²) in [5.41, 5.74) is 0.438. The van der Waals surface area contributed by atoms with E-state index in [9.17, 15) is 14.9 Å². The van der Waals surface area contributed by atoms with E-state index >= 15 is 0 Å². The lowest BCUT2D eigenvalue weighted by molar-refractivity contribution is -0.402. The molecule has 0 aliphatic rings. The number of carbonyl (C=O) groups excluding carboxylic acids is 1. The summed E-state index contributed by atoms with van der Waals surface area (Å²) in [6, 6.07) is 5.66. The average Bonchev–Trinajstić information content (AvgIpc) is 3.05. The summed E-state index contributed by atoms with van der Waals surface area (Å²) in [5.74, 6) is -0.723. The first-order valence-corrected chi connectivity index (χ1v) is 5.24. The van der Waals surface area contributed by atoms with Crippen molar-refractivity contribution in [3.05, 3.63) is 58.4 Å². The van der Waals surface area contributed by atoms with Gasteiger partial charge in [0, 0.05) is 5.57 Å². The molecule has 0 amide bonds. The number of allylic oxidation sites excluding steroid dienone is 1. The van der Waals surface area contributed by atoms with Crippen LogP contribution in [0, 0.1) is 10.1 Å². The molecule has 7 heteroatoms. The molecule has 0 bridgehead atoms. The molecule has 0 aliphatic heterocycles. The molecule has 98 valence electrons. The van der Waals surface area contributed by atoms with E-state index in [4.69, 9.17) is 13.6 Å². The highest BCUT2D eigenvalue weighted by molar-refractivity contribution is 5.87. The Morgan fingerprint density at radius 2 is 2.16 bits per heavy atom. The van der Waals surface area contributed by atoms with Crippen LogP contribution in [0.4, 0.5) is 5.88 Å². The quantitative estimate of drug-likeness (QED) is 0.364. The molecule has 0 unspecified atom stereocenters. The first-order valence-electron chi connectivity index (χ1n) is 5.24. The Bertz CT molecular complexity index is 622. The number of rotatable bonds is 4. The van der Waals surface area contributed by atoms with Gasteiger partial charge in [0.25, 0.3) is 0 Å². The molecule has 0 aromatic carbocycles. The summed E-state index contributed by atoms with van der Waals surface area (Å²) in [5, 5.41) is 10.5. The lowest BCUT2D eigenvalue weighted by Crippen LogP contribution is -1.98. The maximum atomic E-state index is 11.5. The molecule has 0 spiro atoms. The highest BCUT2D eigenvalue weighted by Crippen LogP contribution is 2.22. The second-order valence-corrected chi connectivity index (χ2v) is 3.58. The van der Waals surface area contributed by atoms with E-state index in [-0.39, 0.29) is 17.4 Å². The van der Waals surface area contributed by atoms with Crippen molar-refractivity contribution in [2.24, 2.45) is 0 Å². The number of esters is 1. The third-order valence-corrected chi connectivity index (χ3v) is 2.23. The molecule has 0 saturated heterocycles. The van der Waals surface area contributed by atoms with E-state index in [2.05, 4.69) is 0 Å². The van der Waals surface area contributed by atoms with Crippen LogP contribution in [0.5, 0.6) is 0 Å². The van der Waals surface area contributed by atoms with Gasteiger partial charge in [0.2, 0.25) is 5.76 Å². The molecule has 2 rings (SSSR count). The van der Waals surface area contributed by atoms with E-state index in [1.54, 1.807) is 13.0 Å². The number of nitrogens with zero attached hydrogens (tertiary/aromatic N) is 1. The Morgan fingerprint density at radius 3 is 2.74 bits per heavy atom. The molecular weight excluding hydrogens is 254 g/mol. The molecule has 0 N–H and O–H groups in total. The molecule has 19 heavy (non-hydrogen) atoms. The predicted octanol–water partition coefficient (Wildman–Crippen LogP) is 3.00. The van der Waals surface area contributed by atoms with Crippen molar-refractivity contribution in [3.8, 4) is 0 Å². The van der Waals surface area contributed by atoms with Gasteiger partial charge < -0.3 is 13.6 Å². The van der Waals surface area contributed by atoms with E-state index < -0.39 is 10.9 Å². The molecule has 2 aromatic rings. The van der Waals surface area contributed by atoms with E-state index in [0.717, 1.165) is 6.26 Å². The van der Waals surface area contributed by atoms with Gasteiger partial charge in [-0.2, -0.15) is 0 Å². The molecular formula is C12H9NO6. The summed E-state index contributed by atoms with van der Waals surface area (Å²) in [7, 11) is 0. The van der Waals surface area contributed by atoms with Crippen molar-refractivity contribution in [2.75, 3.05) is 0 Å². The fourth-order valence-electron chi connectivity index (χ4n) is 1.29. The maximum Gasteiger partial charge on any atom is 0.433 e. The zero-order chi connectivity index (χ0) is 13.8. The zero-order valence-corrected chi connectivity index (χ0v) is 9.86. The number of ether oxygens (including phenoxy) is 1. The Balaban J connectivity index is 2.06. The van der Waals surface area contributed by atoms with Crippen LogP contribution >= 0.6 is 0 Å². The highest BCUT2D eigenvalue weighted by Gasteiger charge is 2.14. The third-order valence-electron chi connectivity index (χ3n) is 2.23. The number of nitro groups is 1. The van der Waals surface area contributed by atoms with E-state index in [1.165, 1.54) is 24.5 Å². The van der Waals surface area contributed by atoms with Crippen molar-refractivity contribution in [1.82, 2.24) is 0 Å². The van der Waals surface area contributed by atoms with Crippen molar-refractivity contribution < 1.29 is 23.3 Å². The molecule has 0 aliphatic carbocycles. The molecule has 0 saturated carbocycles. The Hall–Kier alpha value is -2.83. The predicted molar refractivity (Wildman–Crippen MR) is 63.1 cm³/mol. The van der Waals surface area contributed by atoms with Crippen molar-refractivity contribution in [2.45, 2.75) is 6.92 Å². The molecule has 7 nitrogen and oxygen atoms in total. The Labute approximate surface area is 107 Å². The summed E-state index contributed by atoms with van der Waals surface area (Å²) in [6.07, 6.45) is 2.50. The van der Waals surface area contributed by atoms with Gasteiger partial charge in [-0.15, -0.1) is 0 Å². The van der Waals surface area contributed by atoms with Crippen LogP contribution in [0.1, 0.15) is 23.2 Å². The maximum absolute atomic E-state index is 11.5. The van der Waals surface area contributed by atoms with Crippen LogP contribution in [-0.4, -0.2) is 10.9 Å². The van der Waals surface area contributed by atoms with Gasteiger partial charge in [-0.25, -0.2) is 4.79 Å². The summed E-state index contributed by atoms with van der Waals surface area (Å²) >= 11 is 0. The van der Waals surface area contributed by atoms with Gasteiger partial charge in [-0.05, 0) is 25.1 Å². The van der Waals surface area contributed by atoms with Crippen LogP contribution in [-0.2, 0) is 4.74 Å². The Morgan fingerprint density at radius 1 is 1.37 bits per heavy atom. The number of hydrogen-bond acceptors (Lipinski definition) is 6. The summed E-state index contributed by atoms with van der Waals surface area (Å²) in [4.78, 5) is 21.3. The van der Waals surface area contributed by atoms with Gasteiger partial charge in [0.1, 0.15) is 16.9 Å². The minimum atomic E-state index is -0.662. The van der Waals surface area contributed by atoms with Crippen LogP contribution in [0.3, 0.4) is 0 Å². The number of furan rings is 2. The standard InChI is InChI=1S/C12H9NO6/c1-8(9-4-5-11(19-9)13(15)16)7-18-12(14)10-3-2-6-17-10/h2-7H,1H3. The summed E-state index contributed by atoms with van der Waals surface area (Å²) in [6.45, 7) is 1.60. The van der Waals surface area contributed by atoms with Gasteiger partial charge in [-0.1, -0.05) is 0 Å². The minimum Gasteiger partial charge on any atom is -0.457 e. The topological polar surface area (TPSA) is 95.7 Å². The molecule has 0 radical (unpaired) electrons. The minimum absolute atomic E-state index is 0.0643. The van der Waals surface area contributed by atoms with Gasteiger partial charge in [-0.3, -0.25) is 10.1 Å².